The summed E-state index contributed by atoms with van der Waals surface area (Å²) in [6.07, 6.45) is 0. The SMILES string of the molecule is COP(C)(=O)OC(C)(C)C. The van der Waals surface area contributed by atoms with E-state index in [9.17, 15) is 4.57 Å². The van der Waals surface area contributed by atoms with E-state index in [4.69, 9.17) is 4.52 Å². The molecule has 3 nitrogen and oxygen atoms in total. The molecule has 1 unspecified atom stereocenters. The second kappa shape index (κ2) is 3.04. The lowest BCUT2D eigenvalue weighted by molar-refractivity contribution is 0.106. The van der Waals surface area contributed by atoms with Crippen LogP contribution in [0.15, 0.2) is 0 Å². The van der Waals surface area contributed by atoms with Gasteiger partial charge < -0.3 is 9.05 Å². The van der Waals surface area contributed by atoms with Gasteiger partial charge >= 0.3 is 7.60 Å². The fourth-order valence-electron chi connectivity index (χ4n) is 0.535. The van der Waals surface area contributed by atoms with E-state index in [1.165, 1.54) is 13.8 Å². The van der Waals surface area contributed by atoms with Crippen LogP contribution in [-0.2, 0) is 13.6 Å². The lowest BCUT2D eigenvalue weighted by atomic mass is 10.2. The zero-order chi connectivity index (χ0) is 8.41. The van der Waals surface area contributed by atoms with Crippen molar-refractivity contribution in [3.05, 3.63) is 0 Å². The molecule has 0 amide bonds. The van der Waals surface area contributed by atoms with E-state index >= 15 is 0 Å². The highest BCUT2D eigenvalue weighted by Gasteiger charge is 2.23. The Hall–Kier alpha value is 0.150. The molecule has 0 aromatic carbocycles. The van der Waals surface area contributed by atoms with Gasteiger partial charge in [0, 0.05) is 13.8 Å². The summed E-state index contributed by atoms with van der Waals surface area (Å²) < 4.78 is 20.9. The van der Waals surface area contributed by atoms with Crippen LogP contribution in [0.3, 0.4) is 0 Å². The number of hydrogen-bond acceptors (Lipinski definition) is 3. The molecule has 1 atom stereocenters. The Morgan fingerprint density at radius 3 is 1.80 bits per heavy atom. The van der Waals surface area contributed by atoms with Gasteiger partial charge in [-0.3, -0.25) is 4.57 Å². The molecule has 0 aliphatic heterocycles. The Morgan fingerprint density at radius 1 is 1.30 bits per heavy atom. The molecular formula is C6H15O3P. The summed E-state index contributed by atoms with van der Waals surface area (Å²) in [6, 6.07) is 0. The van der Waals surface area contributed by atoms with Crippen molar-refractivity contribution in [3.8, 4) is 0 Å². The van der Waals surface area contributed by atoms with Crippen LogP contribution >= 0.6 is 7.60 Å². The highest BCUT2D eigenvalue weighted by atomic mass is 31.2. The Morgan fingerprint density at radius 2 is 1.70 bits per heavy atom. The number of rotatable bonds is 2. The van der Waals surface area contributed by atoms with Crippen molar-refractivity contribution in [1.82, 2.24) is 0 Å². The van der Waals surface area contributed by atoms with E-state index in [-0.39, 0.29) is 0 Å². The molecule has 0 aliphatic rings. The predicted octanol–water partition coefficient (Wildman–Crippen LogP) is 2.27. The Bertz CT molecular complexity index is 148. The zero-order valence-corrected chi connectivity index (χ0v) is 8.07. The van der Waals surface area contributed by atoms with Crippen molar-refractivity contribution in [2.24, 2.45) is 0 Å². The van der Waals surface area contributed by atoms with Gasteiger partial charge in [0.15, 0.2) is 0 Å². The molecule has 0 fully saturated rings. The zero-order valence-electron chi connectivity index (χ0n) is 7.17. The van der Waals surface area contributed by atoms with E-state index in [1.807, 2.05) is 20.8 Å². The maximum Gasteiger partial charge on any atom is 0.327 e. The quantitative estimate of drug-likeness (QED) is 0.590. The summed E-state index contributed by atoms with van der Waals surface area (Å²) in [7, 11) is -1.41. The van der Waals surface area contributed by atoms with E-state index < -0.39 is 13.2 Å². The smallest absolute Gasteiger partial charge is 0.312 e. The summed E-state index contributed by atoms with van der Waals surface area (Å²) in [5.41, 5.74) is -0.402. The van der Waals surface area contributed by atoms with Gasteiger partial charge in [0.2, 0.25) is 0 Å². The second-order valence-corrected chi connectivity index (χ2v) is 5.25. The van der Waals surface area contributed by atoms with Crippen molar-refractivity contribution in [2.45, 2.75) is 26.4 Å². The minimum atomic E-state index is -2.79. The largest absolute Gasteiger partial charge is 0.327 e. The Kier molecular flexibility index (Phi) is 3.08. The predicted molar refractivity (Wildman–Crippen MR) is 41.4 cm³/mol. The van der Waals surface area contributed by atoms with Gasteiger partial charge in [-0.05, 0) is 20.8 Å². The lowest BCUT2D eigenvalue weighted by Crippen LogP contribution is -2.17. The van der Waals surface area contributed by atoms with Crippen LogP contribution in [0.2, 0.25) is 0 Å². The summed E-state index contributed by atoms with van der Waals surface area (Å²) in [5, 5.41) is 0. The first-order valence-electron chi connectivity index (χ1n) is 3.11. The van der Waals surface area contributed by atoms with E-state index in [0.717, 1.165) is 0 Å². The average Bonchev–Trinajstić information content (AvgIpc) is 1.60. The van der Waals surface area contributed by atoms with Gasteiger partial charge in [-0.2, -0.15) is 0 Å². The normalized spacial score (nSPS) is 18.5. The molecule has 0 aromatic rings. The summed E-state index contributed by atoms with van der Waals surface area (Å²) in [4.78, 5) is 0. The van der Waals surface area contributed by atoms with Crippen molar-refractivity contribution in [1.29, 1.82) is 0 Å². The van der Waals surface area contributed by atoms with Crippen LogP contribution in [0.5, 0.6) is 0 Å². The molecule has 0 radical (unpaired) electrons. The van der Waals surface area contributed by atoms with E-state index in [1.54, 1.807) is 0 Å². The Balaban J connectivity index is 4.03. The highest BCUT2D eigenvalue weighted by molar-refractivity contribution is 7.53. The molecule has 0 rings (SSSR count). The van der Waals surface area contributed by atoms with Crippen LogP contribution in [0.1, 0.15) is 20.8 Å². The topological polar surface area (TPSA) is 35.5 Å². The molecule has 0 heterocycles. The highest BCUT2D eigenvalue weighted by Crippen LogP contribution is 2.46. The average molecular weight is 166 g/mol. The van der Waals surface area contributed by atoms with Crippen molar-refractivity contribution in [3.63, 3.8) is 0 Å². The van der Waals surface area contributed by atoms with Crippen molar-refractivity contribution < 1.29 is 13.6 Å². The van der Waals surface area contributed by atoms with Gasteiger partial charge in [-0.15, -0.1) is 0 Å². The molecule has 0 aliphatic carbocycles. The first-order valence-corrected chi connectivity index (χ1v) is 5.10. The molecule has 0 saturated carbocycles. The molecule has 4 heteroatoms. The molecule has 0 spiro atoms. The molecule has 0 aromatic heterocycles. The van der Waals surface area contributed by atoms with Crippen LogP contribution in [0, 0.1) is 0 Å². The van der Waals surface area contributed by atoms with Gasteiger partial charge in [0.25, 0.3) is 0 Å². The molecule has 0 saturated heterocycles. The van der Waals surface area contributed by atoms with E-state index in [2.05, 4.69) is 4.52 Å². The standard InChI is InChI=1S/C6H15O3P/c1-6(2,3)9-10(5,7)8-4/h1-5H3. The van der Waals surface area contributed by atoms with Gasteiger partial charge in [-0.1, -0.05) is 0 Å². The van der Waals surface area contributed by atoms with Crippen molar-refractivity contribution >= 4 is 7.60 Å². The monoisotopic (exact) mass is 166 g/mol. The minimum Gasteiger partial charge on any atom is -0.312 e. The fraction of sp³-hybridized carbons (Fsp3) is 1.00. The van der Waals surface area contributed by atoms with Crippen LogP contribution in [-0.4, -0.2) is 19.4 Å². The third kappa shape index (κ3) is 4.98. The molecule has 10 heavy (non-hydrogen) atoms. The van der Waals surface area contributed by atoms with Crippen molar-refractivity contribution in [2.75, 3.05) is 13.8 Å². The third-order valence-electron chi connectivity index (χ3n) is 0.771. The lowest BCUT2D eigenvalue weighted by Gasteiger charge is -2.23. The van der Waals surface area contributed by atoms with E-state index in [0.29, 0.717) is 0 Å². The van der Waals surface area contributed by atoms with Gasteiger partial charge in [0.05, 0.1) is 5.60 Å². The Labute approximate surface area is 62.3 Å². The molecule has 0 bridgehead atoms. The maximum atomic E-state index is 11.2. The first kappa shape index (κ1) is 10.2. The second-order valence-electron chi connectivity index (χ2n) is 3.16. The molecular weight excluding hydrogens is 151 g/mol. The van der Waals surface area contributed by atoms with Crippen LogP contribution in [0.4, 0.5) is 0 Å². The fourth-order valence-corrected chi connectivity index (χ4v) is 1.60. The van der Waals surface area contributed by atoms with Gasteiger partial charge in [-0.25, -0.2) is 0 Å². The van der Waals surface area contributed by atoms with Gasteiger partial charge in [0.1, 0.15) is 0 Å². The summed E-state index contributed by atoms with van der Waals surface area (Å²) in [6.45, 7) is 6.96. The molecule has 62 valence electrons. The number of hydrogen-bond donors (Lipinski definition) is 0. The summed E-state index contributed by atoms with van der Waals surface area (Å²) >= 11 is 0. The molecule has 0 N–H and O–H groups in total. The maximum absolute atomic E-state index is 11.2. The minimum absolute atomic E-state index is 0.402. The van der Waals surface area contributed by atoms with Crippen LogP contribution in [0.25, 0.3) is 0 Å². The first-order chi connectivity index (χ1) is 4.27. The summed E-state index contributed by atoms with van der Waals surface area (Å²) in [5.74, 6) is 0. The van der Waals surface area contributed by atoms with Crippen LogP contribution < -0.4 is 0 Å². The third-order valence-corrected chi connectivity index (χ3v) is 2.31.